The maximum atomic E-state index is 13.8. The Morgan fingerprint density at radius 3 is 2.79 bits per heavy atom. The second kappa shape index (κ2) is 5.96. The normalized spacial score (nSPS) is 12.7. The molecule has 0 aliphatic heterocycles. The van der Waals surface area contributed by atoms with E-state index in [1.54, 1.807) is 17.4 Å². The molecule has 0 fully saturated rings. The molecular weight excluding hydrogens is 285 g/mol. The van der Waals surface area contributed by atoms with E-state index < -0.39 is 0 Å². The number of aromatic nitrogens is 1. The number of rotatable bonds is 4. The molecule has 6 heteroatoms. The molecule has 2 aromatic rings. The maximum absolute atomic E-state index is 13.8. The highest BCUT2D eigenvalue weighted by molar-refractivity contribution is 7.11. The van der Waals surface area contributed by atoms with Crippen LogP contribution >= 0.6 is 22.9 Å². The fraction of sp³-hybridized carbons (Fsp3) is 0.308. The zero-order valence-electron chi connectivity index (χ0n) is 10.7. The van der Waals surface area contributed by atoms with Crippen LogP contribution in [0.1, 0.15) is 27.2 Å². The second-order valence-corrected chi connectivity index (χ2v) is 6.06. The van der Waals surface area contributed by atoms with Crippen molar-refractivity contribution in [2.45, 2.75) is 26.3 Å². The van der Waals surface area contributed by atoms with Crippen LogP contribution in [-0.2, 0) is 6.42 Å². The predicted molar refractivity (Wildman–Crippen MR) is 76.8 cm³/mol. The van der Waals surface area contributed by atoms with Gasteiger partial charge in [0.1, 0.15) is 5.82 Å². The van der Waals surface area contributed by atoms with Crippen molar-refractivity contribution >= 4 is 22.9 Å². The van der Waals surface area contributed by atoms with Crippen LogP contribution in [0.4, 0.5) is 4.39 Å². The van der Waals surface area contributed by atoms with E-state index in [1.807, 2.05) is 13.8 Å². The molecule has 102 valence electrons. The quantitative estimate of drug-likeness (QED) is 0.673. The molecule has 3 nitrogen and oxygen atoms in total. The number of aryl methyl sites for hydroxylation is 2. The molecule has 0 spiro atoms. The van der Waals surface area contributed by atoms with Crippen molar-refractivity contribution in [2.24, 2.45) is 5.84 Å². The zero-order chi connectivity index (χ0) is 14.0. The summed E-state index contributed by atoms with van der Waals surface area (Å²) in [6, 6.07) is 4.12. The number of hydrogen-bond acceptors (Lipinski definition) is 4. The summed E-state index contributed by atoms with van der Waals surface area (Å²) in [6.07, 6.45) is 0.535. The molecule has 0 amide bonds. The third-order valence-electron chi connectivity index (χ3n) is 2.99. The lowest BCUT2D eigenvalue weighted by atomic mass is 10.0. The third-order valence-corrected chi connectivity index (χ3v) is 4.32. The van der Waals surface area contributed by atoms with Gasteiger partial charge in [-0.15, -0.1) is 11.3 Å². The fourth-order valence-corrected chi connectivity index (χ4v) is 3.00. The molecule has 1 aromatic heterocycles. The predicted octanol–water partition coefficient (Wildman–Crippen LogP) is 3.30. The Kier molecular flexibility index (Phi) is 4.52. The van der Waals surface area contributed by atoms with Gasteiger partial charge in [-0.2, -0.15) is 0 Å². The first kappa shape index (κ1) is 14.4. The topological polar surface area (TPSA) is 50.9 Å². The van der Waals surface area contributed by atoms with Gasteiger partial charge >= 0.3 is 0 Å². The first-order valence-electron chi connectivity index (χ1n) is 5.85. The van der Waals surface area contributed by atoms with Gasteiger partial charge in [0.25, 0.3) is 0 Å². The lowest BCUT2D eigenvalue weighted by molar-refractivity contribution is 0.510. The molecule has 2 rings (SSSR count). The van der Waals surface area contributed by atoms with Crippen LogP contribution in [0.25, 0.3) is 0 Å². The van der Waals surface area contributed by atoms with Gasteiger partial charge in [-0.05, 0) is 32.0 Å². The molecule has 0 aliphatic carbocycles. The van der Waals surface area contributed by atoms with Crippen LogP contribution in [0.15, 0.2) is 18.2 Å². The van der Waals surface area contributed by atoms with Crippen molar-refractivity contribution < 1.29 is 4.39 Å². The first-order valence-corrected chi connectivity index (χ1v) is 7.04. The summed E-state index contributed by atoms with van der Waals surface area (Å²) in [6.45, 7) is 3.97. The van der Waals surface area contributed by atoms with E-state index in [-0.39, 0.29) is 11.9 Å². The molecule has 0 bridgehead atoms. The zero-order valence-corrected chi connectivity index (χ0v) is 12.3. The van der Waals surface area contributed by atoms with E-state index in [9.17, 15) is 4.39 Å². The van der Waals surface area contributed by atoms with Gasteiger partial charge in [0.15, 0.2) is 0 Å². The van der Waals surface area contributed by atoms with Crippen LogP contribution in [0.2, 0.25) is 5.02 Å². The number of halogens is 2. The van der Waals surface area contributed by atoms with Gasteiger partial charge in [-0.1, -0.05) is 11.6 Å². The van der Waals surface area contributed by atoms with E-state index in [1.165, 1.54) is 12.1 Å². The largest absolute Gasteiger partial charge is 0.271 e. The fourth-order valence-electron chi connectivity index (χ4n) is 1.84. The molecular formula is C13H15ClFN3S. The highest BCUT2D eigenvalue weighted by atomic mass is 35.5. The van der Waals surface area contributed by atoms with Gasteiger partial charge in [0.2, 0.25) is 0 Å². The van der Waals surface area contributed by atoms with Crippen molar-refractivity contribution in [1.29, 1.82) is 0 Å². The summed E-state index contributed by atoms with van der Waals surface area (Å²) >= 11 is 7.50. The molecule has 1 unspecified atom stereocenters. The number of nitrogens with one attached hydrogen (secondary N) is 1. The molecule has 0 saturated heterocycles. The van der Waals surface area contributed by atoms with Gasteiger partial charge in [0, 0.05) is 21.9 Å². The summed E-state index contributed by atoms with van der Waals surface area (Å²) in [7, 11) is 0. The van der Waals surface area contributed by atoms with Crippen molar-refractivity contribution in [1.82, 2.24) is 10.4 Å². The van der Waals surface area contributed by atoms with Crippen LogP contribution in [0.5, 0.6) is 0 Å². The Labute approximate surface area is 120 Å². The number of hydrazine groups is 1. The van der Waals surface area contributed by atoms with E-state index in [0.29, 0.717) is 17.0 Å². The number of nitrogens with zero attached hydrogens (tertiary/aromatic N) is 1. The van der Waals surface area contributed by atoms with Gasteiger partial charge in [0.05, 0.1) is 16.7 Å². The Morgan fingerprint density at radius 2 is 2.21 bits per heavy atom. The maximum Gasteiger partial charge on any atom is 0.128 e. The van der Waals surface area contributed by atoms with Crippen LogP contribution in [0.3, 0.4) is 0 Å². The van der Waals surface area contributed by atoms with Gasteiger partial charge < -0.3 is 0 Å². The summed E-state index contributed by atoms with van der Waals surface area (Å²) < 4.78 is 13.8. The Bertz CT molecular complexity index is 566. The summed E-state index contributed by atoms with van der Waals surface area (Å²) in [5.74, 6) is 5.21. The van der Waals surface area contributed by atoms with Crippen molar-refractivity contribution in [3.63, 3.8) is 0 Å². The van der Waals surface area contributed by atoms with E-state index >= 15 is 0 Å². The summed E-state index contributed by atoms with van der Waals surface area (Å²) in [4.78, 5) is 5.61. The number of hydrogen-bond donors (Lipinski definition) is 2. The number of nitrogens with two attached hydrogens (primary N) is 1. The average Bonchev–Trinajstić information content (AvgIpc) is 2.69. The van der Waals surface area contributed by atoms with E-state index in [2.05, 4.69) is 10.4 Å². The number of thiazole rings is 1. The SMILES string of the molecule is Cc1nc(CC(NN)c2cc(Cl)ccc2F)sc1C. The van der Waals surface area contributed by atoms with E-state index in [4.69, 9.17) is 17.4 Å². The van der Waals surface area contributed by atoms with Crippen LogP contribution in [-0.4, -0.2) is 4.98 Å². The standard InChI is InChI=1S/C13H15ClFN3S/c1-7-8(2)19-13(17-7)6-12(18-16)10-5-9(14)3-4-11(10)15/h3-5,12,18H,6,16H2,1-2H3. The average molecular weight is 300 g/mol. The lowest BCUT2D eigenvalue weighted by Crippen LogP contribution is -2.30. The summed E-state index contributed by atoms with van der Waals surface area (Å²) in [5, 5.41) is 1.42. The van der Waals surface area contributed by atoms with Crippen molar-refractivity contribution in [2.75, 3.05) is 0 Å². The van der Waals surface area contributed by atoms with Gasteiger partial charge in [-0.25, -0.2) is 9.37 Å². The van der Waals surface area contributed by atoms with E-state index in [0.717, 1.165) is 15.6 Å². The number of benzene rings is 1. The second-order valence-electron chi connectivity index (χ2n) is 4.34. The monoisotopic (exact) mass is 299 g/mol. The van der Waals surface area contributed by atoms with Crippen molar-refractivity contribution in [3.05, 3.63) is 50.2 Å². The minimum absolute atomic E-state index is 0.322. The molecule has 0 radical (unpaired) electrons. The molecule has 0 saturated carbocycles. The highest BCUT2D eigenvalue weighted by Gasteiger charge is 2.17. The molecule has 19 heavy (non-hydrogen) atoms. The molecule has 1 aromatic carbocycles. The smallest absolute Gasteiger partial charge is 0.128 e. The molecule has 0 aliphatic rings. The minimum Gasteiger partial charge on any atom is -0.271 e. The Hall–Kier alpha value is -1.01. The summed E-state index contributed by atoms with van der Waals surface area (Å²) in [5.41, 5.74) is 4.09. The highest BCUT2D eigenvalue weighted by Crippen LogP contribution is 2.26. The van der Waals surface area contributed by atoms with Crippen molar-refractivity contribution in [3.8, 4) is 0 Å². The van der Waals surface area contributed by atoms with Crippen LogP contribution < -0.4 is 11.3 Å². The first-order chi connectivity index (χ1) is 9.01. The lowest BCUT2D eigenvalue weighted by Gasteiger charge is -2.16. The molecule has 1 heterocycles. The minimum atomic E-state index is -0.344. The Morgan fingerprint density at radius 1 is 1.47 bits per heavy atom. The van der Waals surface area contributed by atoms with Crippen LogP contribution in [0, 0.1) is 19.7 Å². The molecule has 3 N–H and O–H groups in total. The molecule has 1 atom stereocenters. The third kappa shape index (κ3) is 3.30. The van der Waals surface area contributed by atoms with Gasteiger partial charge in [-0.3, -0.25) is 11.3 Å². The Balaban J connectivity index is 2.27.